The fourth-order valence-electron chi connectivity index (χ4n) is 2.40. The molecule has 1 aliphatic rings. The van der Waals surface area contributed by atoms with Gasteiger partial charge in [0.25, 0.3) is 5.91 Å². The fraction of sp³-hybridized carbons (Fsp3) is 0.462. The molecule has 0 spiro atoms. The second-order valence-electron chi connectivity index (χ2n) is 4.88. The molecular weight excluding hydrogens is 302 g/mol. The maximum absolute atomic E-state index is 13.7. The lowest BCUT2D eigenvalue weighted by atomic mass is 10.1. The summed E-state index contributed by atoms with van der Waals surface area (Å²) in [5, 5.41) is 13.6. The SMILES string of the molecule is CS[C@H]1CC[C@@H](NC(=O)c2cc(F)c([N+](=O)[O-])cc2F)C1. The number of nitrogens with one attached hydrogen (secondary N) is 1. The van der Waals surface area contributed by atoms with Crippen molar-refractivity contribution in [1.82, 2.24) is 5.32 Å². The van der Waals surface area contributed by atoms with Crippen LogP contribution in [-0.4, -0.2) is 28.4 Å². The molecule has 114 valence electrons. The van der Waals surface area contributed by atoms with Crippen LogP contribution in [-0.2, 0) is 0 Å². The molecule has 1 aliphatic carbocycles. The van der Waals surface area contributed by atoms with E-state index < -0.39 is 33.7 Å². The number of benzene rings is 1. The predicted molar refractivity (Wildman–Crippen MR) is 75.4 cm³/mol. The maximum atomic E-state index is 13.7. The Morgan fingerprint density at radius 3 is 2.67 bits per heavy atom. The minimum absolute atomic E-state index is 0.0763. The average Bonchev–Trinajstić information content (AvgIpc) is 2.88. The van der Waals surface area contributed by atoms with Gasteiger partial charge in [0.2, 0.25) is 5.82 Å². The molecule has 5 nitrogen and oxygen atoms in total. The van der Waals surface area contributed by atoms with Gasteiger partial charge in [-0.1, -0.05) is 0 Å². The molecule has 1 aromatic carbocycles. The van der Waals surface area contributed by atoms with Crippen molar-refractivity contribution in [3.05, 3.63) is 39.4 Å². The summed E-state index contributed by atoms with van der Waals surface area (Å²) in [6.45, 7) is 0. The normalized spacial score (nSPS) is 21.3. The van der Waals surface area contributed by atoms with E-state index in [0.717, 1.165) is 19.3 Å². The first-order chi connectivity index (χ1) is 9.92. The van der Waals surface area contributed by atoms with Gasteiger partial charge in [-0.25, -0.2) is 4.39 Å². The topological polar surface area (TPSA) is 72.2 Å². The van der Waals surface area contributed by atoms with E-state index >= 15 is 0 Å². The number of nitro benzene ring substituents is 1. The van der Waals surface area contributed by atoms with E-state index in [1.807, 2.05) is 6.26 Å². The Hall–Kier alpha value is -1.70. The molecule has 0 bridgehead atoms. The molecule has 0 aliphatic heterocycles. The summed E-state index contributed by atoms with van der Waals surface area (Å²) in [7, 11) is 0. The molecule has 1 amide bonds. The van der Waals surface area contributed by atoms with Crippen LogP contribution in [0.1, 0.15) is 29.6 Å². The Bertz CT molecular complexity index is 583. The third-order valence-corrected chi connectivity index (χ3v) is 4.63. The Labute approximate surface area is 124 Å². The zero-order valence-electron chi connectivity index (χ0n) is 11.3. The Morgan fingerprint density at radius 2 is 2.10 bits per heavy atom. The van der Waals surface area contributed by atoms with Gasteiger partial charge in [0.05, 0.1) is 16.6 Å². The minimum atomic E-state index is -1.22. The Kier molecular flexibility index (Phi) is 4.76. The van der Waals surface area contributed by atoms with E-state index in [9.17, 15) is 23.7 Å². The molecule has 8 heteroatoms. The van der Waals surface area contributed by atoms with Crippen molar-refractivity contribution in [3.8, 4) is 0 Å². The third-order valence-electron chi connectivity index (χ3n) is 3.53. The minimum Gasteiger partial charge on any atom is -0.349 e. The van der Waals surface area contributed by atoms with Crippen molar-refractivity contribution in [3.63, 3.8) is 0 Å². The Morgan fingerprint density at radius 1 is 1.38 bits per heavy atom. The summed E-state index contributed by atoms with van der Waals surface area (Å²) in [4.78, 5) is 21.4. The van der Waals surface area contributed by atoms with Crippen molar-refractivity contribution < 1.29 is 18.5 Å². The van der Waals surface area contributed by atoms with Crippen LogP contribution in [0, 0.1) is 21.7 Å². The number of halogens is 2. The molecule has 21 heavy (non-hydrogen) atoms. The van der Waals surface area contributed by atoms with Crippen LogP contribution in [0.3, 0.4) is 0 Å². The second-order valence-corrected chi connectivity index (χ2v) is 6.02. The van der Waals surface area contributed by atoms with E-state index in [1.165, 1.54) is 0 Å². The lowest BCUT2D eigenvalue weighted by Crippen LogP contribution is -2.33. The summed E-state index contributed by atoms with van der Waals surface area (Å²) >= 11 is 1.71. The number of thioether (sulfide) groups is 1. The molecule has 0 unspecified atom stereocenters. The summed E-state index contributed by atoms with van der Waals surface area (Å²) in [5.74, 6) is -3.06. The van der Waals surface area contributed by atoms with Crippen LogP contribution in [0.25, 0.3) is 0 Å². The molecule has 0 heterocycles. The molecule has 2 rings (SSSR count). The van der Waals surface area contributed by atoms with E-state index in [1.54, 1.807) is 11.8 Å². The van der Waals surface area contributed by atoms with E-state index in [0.29, 0.717) is 17.4 Å². The molecule has 0 aromatic heterocycles. The number of nitro groups is 1. The Balaban J connectivity index is 2.13. The highest BCUT2D eigenvalue weighted by molar-refractivity contribution is 7.99. The number of carbonyl (C=O) groups excluding carboxylic acids is 1. The van der Waals surface area contributed by atoms with Gasteiger partial charge in [-0.3, -0.25) is 14.9 Å². The zero-order chi connectivity index (χ0) is 15.6. The second kappa shape index (κ2) is 6.38. The lowest BCUT2D eigenvalue weighted by Gasteiger charge is -2.13. The standard InChI is InChI=1S/C13H14F2N2O3S/c1-21-8-3-2-7(4-8)16-13(18)9-5-11(15)12(17(19)20)6-10(9)14/h5-8H,2-4H2,1H3,(H,16,18)/t7-,8+/m1/s1. The number of nitrogens with zero attached hydrogens (tertiary/aromatic N) is 1. The van der Waals surface area contributed by atoms with E-state index in [4.69, 9.17) is 0 Å². The smallest absolute Gasteiger partial charge is 0.307 e. The van der Waals surface area contributed by atoms with Crippen molar-refractivity contribution in [2.45, 2.75) is 30.6 Å². The van der Waals surface area contributed by atoms with Crippen molar-refractivity contribution >= 4 is 23.4 Å². The van der Waals surface area contributed by atoms with Gasteiger partial charge >= 0.3 is 5.69 Å². The van der Waals surface area contributed by atoms with Gasteiger partial charge in [-0.2, -0.15) is 16.2 Å². The van der Waals surface area contributed by atoms with Crippen molar-refractivity contribution in [2.75, 3.05) is 6.26 Å². The van der Waals surface area contributed by atoms with Gasteiger partial charge < -0.3 is 5.32 Å². The number of amides is 1. The highest BCUT2D eigenvalue weighted by atomic mass is 32.2. The molecular formula is C13H14F2N2O3S. The van der Waals surface area contributed by atoms with Gasteiger partial charge in [0, 0.05) is 11.3 Å². The van der Waals surface area contributed by atoms with Gasteiger partial charge in [-0.15, -0.1) is 0 Å². The van der Waals surface area contributed by atoms with E-state index in [-0.39, 0.29) is 6.04 Å². The summed E-state index contributed by atoms with van der Waals surface area (Å²) in [6.07, 6.45) is 4.52. The largest absolute Gasteiger partial charge is 0.349 e. The predicted octanol–water partition coefficient (Wildman–Crippen LogP) is 2.89. The number of carbonyl (C=O) groups is 1. The average molecular weight is 316 g/mol. The highest BCUT2D eigenvalue weighted by Crippen LogP contribution is 2.28. The molecule has 2 atom stereocenters. The molecule has 1 N–H and O–H groups in total. The first kappa shape index (κ1) is 15.7. The lowest BCUT2D eigenvalue weighted by molar-refractivity contribution is -0.387. The number of hydrogen-bond acceptors (Lipinski definition) is 4. The first-order valence-electron chi connectivity index (χ1n) is 6.39. The summed E-state index contributed by atoms with van der Waals surface area (Å²) < 4.78 is 27.2. The van der Waals surface area contributed by atoms with Crippen LogP contribution in [0.4, 0.5) is 14.5 Å². The quantitative estimate of drug-likeness (QED) is 0.685. The molecule has 1 saturated carbocycles. The molecule has 0 radical (unpaired) electrons. The molecule has 1 aromatic rings. The number of rotatable bonds is 4. The first-order valence-corrected chi connectivity index (χ1v) is 7.68. The van der Waals surface area contributed by atoms with Crippen LogP contribution >= 0.6 is 11.8 Å². The number of hydrogen-bond donors (Lipinski definition) is 1. The van der Waals surface area contributed by atoms with Crippen molar-refractivity contribution in [2.24, 2.45) is 0 Å². The van der Waals surface area contributed by atoms with Crippen LogP contribution in [0.2, 0.25) is 0 Å². The fourth-order valence-corrected chi connectivity index (χ4v) is 3.20. The summed E-state index contributed by atoms with van der Waals surface area (Å²) in [5.41, 5.74) is -1.49. The van der Waals surface area contributed by atoms with Crippen molar-refractivity contribution in [1.29, 1.82) is 0 Å². The molecule has 1 fully saturated rings. The molecule has 0 saturated heterocycles. The van der Waals surface area contributed by atoms with Gasteiger partial charge in [0.1, 0.15) is 5.82 Å². The van der Waals surface area contributed by atoms with E-state index in [2.05, 4.69) is 5.32 Å². The zero-order valence-corrected chi connectivity index (χ0v) is 12.1. The van der Waals surface area contributed by atoms with Gasteiger partial charge in [-0.05, 0) is 31.6 Å². The monoisotopic (exact) mass is 316 g/mol. The maximum Gasteiger partial charge on any atom is 0.307 e. The third kappa shape index (κ3) is 3.49. The van der Waals surface area contributed by atoms with Crippen LogP contribution in [0.5, 0.6) is 0 Å². The summed E-state index contributed by atoms with van der Waals surface area (Å²) in [6, 6.07) is 0.931. The van der Waals surface area contributed by atoms with Crippen LogP contribution in [0.15, 0.2) is 12.1 Å². The van der Waals surface area contributed by atoms with Gasteiger partial charge in [0.15, 0.2) is 0 Å². The van der Waals surface area contributed by atoms with Crippen LogP contribution < -0.4 is 5.32 Å². The highest BCUT2D eigenvalue weighted by Gasteiger charge is 2.27.